The van der Waals surface area contributed by atoms with E-state index in [1.165, 1.54) is 19.4 Å². The Labute approximate surface area is 199 Å². The Balaban J connectivity index is 0.000000343. The minimum absolute atomic E-state index is 0.352. The molecule has 2 unspecified atom stereocenters. The fraction of sp³-hybridized carbons (Fsp3) is 0.250. The van der Waals surface area contributed by atoms with Crippen molar-refractivity contribution >= 4 is 22.4 Å². The van der Waals surface area contributed by atoms with Gasteiger partial charge in [-0.3, -0.25) is 4.98 Å². The summed E-state index contributed by atoms with van der Waals surface area (Å²) >= 11 is 0. The predicted molar refractivity (Wildman–Crippen MR) is 135 cm³/mol. The van der Waals surface area contributed by atoms with Crippen LogP contribution in [0.25, 0.3) is 10.9 Å². The molecule has 1 aliphatic carbocycles. The van der Waals surface area contributed by atoms with E-state index in [9.17, 15) is 0 Å². The SMILES string of the molecule is C#Cc1nc(Nc2ccc(Oc3ccc(C)nc3)c(C)c2)c2ccccc2n1.C1CC2CC2N1. The van der Waals surface area contributed by atoms with Crippen molar-refractivity contribution in [3.8, 4) is 23.8 Å². The van der Waals surface area contributed by atoms with E-state index in [1.54, 1.807) is 6.20 Å². The van der Waals surface area contributed by atoms with Crippen LogP contribution in [0.15, 0.2) is 60.8 Å². The molecule has 1 aliphatic heterocycles. The number of fused-ring (bicyclic) bond motifs is 2. The van der Waals surface area contributed by atoms with Crippen LogP contribution < -0.4 is 15.4 Å². The summed E-state index contributed by atoms with van der Waals surface area (Å²) in [6.45, 7) is 5.22. The number of nitrogens with one attached hydrogen (secondary N) is 2. The maximum absolute atomic E-state index is 5.93. The molecular formula is C28H27N5O. The molecule has 0 bridgehead atoms. The molecule has 2 N–H and O–H groups in total. The zero-order chi connectivity index (χ0) is 23.5. The van der Waals surface area contributed by atoms with Crippen LogP contribution in [0.4, 0.5) is 11.5 Å². The van der Waals surface area contributed by atoms with Crippen LogP contribution in [0, 0.1) is 32.1 Å². The van der Waals surface area contributed by atoms with Crippen molar-refractivity contribution in [1.29, 1.82) is 0 Å². The van der Waals surface area contributed by atoms with Gasteiger partial charge in [-0.15, -0.1) is 6.42 Å². The molecule has 2 aromatic heterocycles. The summed E-state index contributed by atoms with van der Waals surface area (Å²) in [4.78, 5) is 13.1. The molecule has 0 amide bonds. The molecule has 2 aliphatic rings. The number of terminal acetylenes is 1. The van der Waals surface area contributed by atoms with Crippen LogP contribution in [0.3, 0.4) is 0 Å². The zero-order valence-electron chi connectivity index (χ0n) is 19.4. The molecular weight excluding hydrogens is 422 g/mol. The minimum atomic E-state index is 0.352. The van der Waals surface area contributed by atoms with Gasteiger partial charge in [-0.25, -0.2) is 9.97 Å². The van der Waals surface area contributed by atoms with Crippen LogP contribution in [0.1, 0.15) is 29.9 Å². The average molecular weight is 450 g/mol. The Hall–Kier alpha value is -3.95. The Kier molecular flexibility index (Phi) is 6.11. The maximum Gasteiger partial charge on any atom is 0.207 e. The molecule has 2 aromatic carbocycles. The number of aromatic nitrogens is 3. The lowest BCUT2D eigenvalue weighted by Crippen LogP contribution is -2.10. The van der Waals surface area contributed by atoms with Crippen molar-refractivity contribution in [3.63, 3.8) is 0 Å². The second-order valence-electron chi connectivity index (χ2n) is 8.75. The topological polar surface area (TPSA) is 72.0 Å². The number of ether oxygens (including phenoxy) is 1. The van der Waals surface area contributed by atoms with Crippen LogP contribution in [-0.4, -0.2) is 27.5 Å². The fourth-order valence-corrected chi connectivity index (χ4v) is 4.13. The van der Waals surface area contributed by atoms with Crippen molar-refractivity contribution in [2.75, 3.05) is 11.9 Å². The first kappa shape index (κ1) is 21.9. The van der Waals surface area contributed by atoms with Crippen molar-refractivity contribution < 1.29 is 4.74 Å². The van der Waals surface area contributed by atoms with Crippen molar-refractivity contribution in [2.45, 2.75) is 32.7 Å². The number of piperidine rings is 1. The van der Waals surface area contributed by atoms with Gasteiger partial charge in [0.05, 0.1) is 11.7 Å². The van der Waals surface area contributed by atoms with Gasteiger partial charge in [0, 0.05) is 22.8 Å². The number of pyridine rings is 1. The van der Waals surface area contributed by atoms with E-state index in [0.29, 0.717) is 17.4 Å². The monoisotopic (exact) mass is 449 g/mol. The van der Waals surface area contributed by atoms with Gasteiger partial charge in [0.15, 0.2) is 0 Å². The molecule has 6 nitrogen and oxygen atoms in total. The Morgan fingerprint density at radius 1 is 1.09 bits per heavy atom. The largest absolute Gasteiger partial charge is 0.455 e. The van der Waals surface area contributed by atoms with E-state index in [2.05, 4.69) is 31.5 Å². The lowest BCUT2D eigenvalue weighted by molar-refractivity contribution is 0.476. The first-order valence-electron chi connectivity index (χ1n) is 11.5. The van der Waals surface area contributed by atoms with Gasteiger partial charge >= 0.3 is 0 Å². The number of rotatable bonds is 4. The highest BCUT2D eigenvalue weighted by Crippen LogP contribution is 2.37. The second kappa shape index (κ2) is 9.50. The van der Waals surface area contributed by atoms with Crippen LogP contribution in [0.5, 0.6) is 11.5 Å². The van der Waals surface area contributed by atoms with Gasteiger partial charge in [-0.2, -0.15) is 0 Å². The number of hydrogen-bond donors (Lipinski definition) is 2. The molecule has 3 heterocycles. The lowest BCUT2D eigenvalue weighted by Gasteiger charge is -2.13. The molecule has 2 atom stereocenters. The van der Waals surface area contributed by atoms with Gasteiger partial charge in [-0.1, -0.05) is 12.1 Å². The fourth-order valence-electron chi connectivity index (χ4n) is 4.13. The number of nitrogens with zero attached hydrogens (tertiary/aromatic N) is 3. The number of aryl methyl sites for hydroxylation is 2. The molecule has 4 aromatic rings. The summed E-state index contributed by atoms with van der Waals surface area (Å²) in [6.07, 6.45) is 10.1. The van der Waals surface area contributed by atoms with Gasteiger partial charge in [-0.05, 0) is 93.1 Å². The number of anilines is 2. The second-order valence-corrected chi connectivity index (χ2v) is 8.75. The highest BCUT2D eigenvalue weighted by Gasteiger charge is 2.40. The van der Waals surface area contributed by atoms with E-state index >= 15 is 0 Å². The van der Waals surface area contributed by atoms with Crippen LogP contribution in [0.2, 0.25) is 0 Å². The van der Waals surface area contributed by atoms with Gasteiger partial charge in [0.2, 0.25) is 5.82 Å². The maximum atomic E-state index is 5.93. The molecule has 1 saturated heterocycles. The summed E-state index contributed by atoms with van der Waals surface area (Å²) in [6, 6.07) is 18.4. The number of para-hydroxylation sites is 1. The molecule has 170 valence electrons. The quantitative estimate of drug-likeness (QED) is 0.399. The smallest absolute Gasteiger partial charge is 0.207 e. The summed E-state index contributed by atoms with van der Waals surface area (Å²) in [5.74, 6) is 6.11. The summed E-state index contributed by atoms with van der Waals surface area (Å²) in [7, 11) is 0. The van der Waals surface area contributed by atoms with E-state index in [1.807, 2.05) is 68.4 Å². The molecule has 34 heavy (non-hydrogen) atoms. The van der Waals surface area contributed by atoms with E-state index < -0.39 is 0 Å². The van der Waals surface area contributed by atoms with Crippen LogP contribution >= 0.6 is 0 Å². The van der Waals surface area contributed by atoms with Gasteiger partial charge in [0.1, 0.15) is 17.3 Å². The predicted octanol–water partition coefficient (Wildman–Crippen LogP) is 5.53. The third-order valence-electron chi connectivity index (χ3n) is 6.13. The van der Waals surface area contributed by atoms with E-state index in [4.69, 9.17) is 11.2 Å². The molecule has 6 rings (SSSR count). The highest BCUT2D eigenvalue weighted by molar-refractivity contribution is 5.91. The van der Waals surface area contributed by atoms with Crippen molar-refractivity contribution in [3.05, 3.63) is 77.9 Å². The van der Waals surface area contributed by atoms with Gasteiger partial charge in [0.25, 0.3) is 0 Å². The first-order valence-corrected chi connectivity index (χ1v) is 11.5. The standard InChI is InChI=1S/C23H18N4O.C5H9N/c1-4-22-26-20-8-6-5-7-19(20)23(27-22)25-17-10-12-21(15(2)13-17)28-18-11-9-16(3)24-14-18;1-2-6-5-3-4(1)5/h1,5-14H,2-3H3,(H,25,26,27);4-6H,1-3H2. The lowest BCUT2D eigenvalue weighted by atomic mass is 10.2. The Bertz CT molecular complexity index is 1350. The normalized spacial score (nSPS) is 17.8. The average Bonchev–Trinajstić information content (AvgIpc) is 3.46. The summed E-state index contributed by atoms with van der Waals surface area (Å²) in [5, 5.41) is 7.65. The summed E-state index contributed by atoms with van der Waals surface area (Å²) in [5.41, 5.74) is 3.63. The van der Waals surface area contributed by atoms with Crippen molar-refractivity contribution in [1.82, 2.24) is 20.3 Å². The third kappa shape index (κ3) is 5.00. The molecule has 2 fully saturated rings. The number of benzene rings is 2. The highest BCUT2D eigenvalue weighted by atomic mass is 16.5. The van der Waals surface area contributed by atoms with E-state index in [0.717, 1.165) is 45.6 Å². The Morgan fingerprint density at radius 2 is 1.97 bits per heavy atom. The molecule has 6 heteroatoms. The first-order chi connectivity index (χ1) is 16.6. The molecule has 0 spiro atoms. The van der Waals surface area contributed by atoms with Crippen LogP contribution in [-0.2, 0) is 0 Å². The zero-order valence-corrected chi connectivity index (χ0v) is 19.4. The molecule has 1 saturated carbocycles. The van der Waals surface area contributed by atoms with Gasteiger partial charge < -0.3 is 15.4 Å². The summed E-state index contributed by atoms with van der Waals surface area (Å²) < 4.78 is 5.93. The van der Waals surface area contributed by atoms with Crippen molar-refractivity contribution in [2.24, 2.45) is 5.92 Å². The van der Waals surface area contributed by atoms with E-state index in [-0.39, 0.29) is 0 Å². The minimum Gasteiger partial charge on any atom is -0.455 e. The third-order valence-corrected chi connectivity index (χ3v) is 6.13. The Morgan fingerprint density at radius 3 is 2.62 bits per heavy atom. The number of hydrogen-bond acceptors (Lipinski definition) is 6. The molecule has 0 radical (unpaired) electrons.